The van der Waals surface area contributed by atoms with E-state index in [-0.39, 0.29) is 17.7 Å². The van der Waals surface area contributed by atoms with Crippen LogP contribution in [0.2, 0.25) is 0 Å². The second-order valence-electron chi connectivity index (χ2n) is 5.84. The summed E-state index contributed by atoms with van der Waals surface area (Å²) in [5, 5.41) is 5.60. The van der Waals surface area contributed by atoms with Crippen LogP contribution >= 0.6 is 0 Å². The van der Waals surface area contributed by atoms with Gasteiger partial charge in [-0.2, -0.15) is 0 Å². The fraction of sp³-hybridized carbons (Fsp3) is 0.529. The maximum absolute atomic E-state index is 12.1. The molecule has 0 heterocycles. The standard InChI is InChI=1S/C17H27N3O4/c1-11(2)8-17(22)20-13-10-15(24-4)14(23-3)9-12(13)19-16(21)6-5-7-18/h9-11H,5-8,18H2,1-4H3,(H,19,21)(H,20,22). The Morgan fingerprint density at radius 3 is 1.96 bits per heavy atom. The number of anilines is 2. The number of nitrogens with two attached hydrogens (primary N) is 1. The van der Waals surface area contributed by atoms with Crippen LogP contribution in [-0.2, 0) is 9.59 Å². The number of carbonyl (C=O) groups is 2. The molecule has 7 nitrogen and oxygen atoms in total. The number of carbonyl (C=O) groups excluding carboxylic acids is 2. The van der Waals surface area contributed by atoms with E-state index in [1.54, 1.807) is 12.1 Å². The fourth-order valence-corrected chi connectivity index (χ4v) is 2.13. The third kappa shape index (κ3) is 6.08. The van der Waals surface area contributed by atoms with E-state index in [9.17, 15) is 9.59 Å². The Balaban J connectivity index is 3.07. The molecule has 0 spiro atoms. The molecule has 0 bridgehead atoms. The van der Waals surface area contributed by atoms with E-state index >= 15 is 0 Å². The van der Waals surface area contributed by atoms with Gasteiger partial charge < -0.3 is 25.8 Å². The molecule has 0 aliphatic carbocycles. The van der Waals surface area contributed by atoms with Crippen molar-refractivity contribution < 1.29 is 19.1 Å². The third-order valence-corrected chi connectivity index (χ3v) is 3.27. The number of nitrogens with one attached hydrogen (secondary N) is 2. The van der Waals surface area contributed by atoms with Gasteiger partial charge in [-0.3, -0.25) is 9.59 Å². The van der Waals surface area contributed by atoms with Crippen LogP contribution in [0.25, 0.3) is 0 Å². The highest BCUT2D eigenvalue weighted by molar-refractivity contribution is 6.00. The lowest BCUT2D eigenvalue weighted by molar-refractivity contribution is -0.117. The number of hydrogen-bond acceptors (Lipinski definition) is 5. The molecule has 0 unspecified atom stereocenters. The molecule has 0 aliphatic rings. The lowest BCUT2D eigenvalue weighted by Crippen LogP contribution is -2.18. The first-order valence-corrected chi connectivity index (χ1v) is 7.97. The molecular formula is C17H27N3O4. The third-order valence-electron chi connectivity index (χ3n) is 3.27. The molecule has 4 N–H and O–H groups in total. The van der Waals surface area contributed by atoms with Gasteiger partial charge in [-0.15, -0.1) is 0 Å². The molecule has 0 radical (unpaired) electrons. The number of benzene rings is 1. The largest absolute Gasteiger partial charge is 0.493 e. The Kier molecular flexibility index (Phi) is 8.05. The Morgan fingerprint density at radius 2 is 1.54 bits per heavy atom. The zero-order chi connectivity index (χ0) is 18.1. The first kappa shape index (κ1) is 19.8. The maximum atomic E-state index is 12.1. The van der Waals surface area contributed by atoms with Crippen molar-refractivity contribution in [1.29, 1.82) is 0 Å². The van der Waals surface area contributed by atoms with Gasteiger partial charge in [0.05, 0.1) is 25.6 Å². The predicted octanol–water partition coefficient (Wildman–Crippen LogP) is 2.37. The van der Waals surface area contributed by atoms with E-state index in [2.05, 4.69) is 10.6 Å². The van der Waals surface area contributed by atoms with Crippen molar-refractivity contribution in [2.75, 3.05) is 31.4 Å². The van der Waals surface area contributed by atoms with E-state index in [1.165, 1.54) is 14.2 Å². The number of rotatable bonds is 9. The molecule has 134 valence electrons. The van der Waals surface area contributed by atoms with Gasteiger partial charge in [0, 0.05) is 25.0 Å². The first-order chi connectivity index (χ1) is 11.4. The average molecular weight is 337 g/mol. The second kappa shape index (κ2) is 9.77. The van der Waals surface area contributed by atoms with Crippen molar-refractivity contribution >= 4 is 23.2 Å². The Labute approximate surface area is 142 Å². The molecule has 0 fully saturated rings. The van der Waals surface area contributed by atoms with Crippen LogP contribution < -0.4 is 25.8 Å². The summed E-state index contributed by atoms with van der Waals surface area (Å²) < 4.78 is 10.5. The smallest absolute Gasteiger partial charge is 0.224 e. The van der Waals surface area contributed by atoms with E-state index in [1.807, 2.05) is 13.8 Å². The summed E-state index contributed by atoms with van der Waals surface area (Å²) >= 11 is 0. The normalized spacial score (nSPS) is 10.4. The number of methoxy groups -OCH3 is 2. The van der Waals surface area contributed by atoms with Crippen molar-refractivity contribution in [2.24, 2.45) is 11.7 Å². The molecule has 24 heavy (non-hydrogen) atoms. The van der Waals surface area contributed by atoms with Gasteiger partial charge >= 0.3 is 0 Å². The molecule has 0 atom stereocenters. The highest BCUT2D eigenvalue weighted by atomic mass is 16.5. The number of amides is 2. The fourth-order valence-electron chi connectivity index (χ4n) is 2.13. The Bertz CT molecular complexity index is 573. The summed E-state index contributed by atoms with van der Waals surface area (Å²) in [6, 6.07) is 3.26. The highest BCUT2D eigenvalue weighted by Crippen LogP contribution is 2.36. The van der Waals surface area contributed by atoms with Crippen LogP contribution in [0.4, 0.5) is 11.4 Å². The van der Waals surface area contributed by atoms with Crippen molar-refractivity contribution in [1.82, 2.24) is 0 Å². The van der Waals surface area contributed by atoms with Crippen LogP contribution in [0.1, 0.15) is 33.1 Å². The van der Waals surface area contributed by atoms with E-state index in [0.29, 0.717) is 48.7 Å². The van der Waals surface area contributed by atoms with Crippen LogP contribution in [0.5, 0.6) is 11.5 Å². The van der Waals surface area contributed by atoms with Crippen molar-refractivity contribution in [3.05, 3.63) is 12.1 Å². The number of ether oxygens (including phenoxy) is 2. The summed E-state index contributed by atoms with van der Waals surface area (Å²) in [7, 11) is 3.02. The highest BCUT2D eigenvalue weighted by Gasteiger charge is 2.16. The minimum absolute atomic E-state index is 0.130. The summed E-state index contributed by atoms with van der Waals surface area (Å²) in [6.07, 6.45) is 1.29. The summed E-state index contributed by atoms with van der Waals surface area (Å²) in [4.78, 5) is 24.1. The molecule has 1 rings (SSSR count). The zero-order valence-electron chi connectivity index (χ0n) is 14.8. The molecule has 0 aromatic heterocycles. The SMILES string of the molecule is COc1cc(NC(=O)CCCN)c(NC(=O)CC(C)C)cc1OC. The van der Waals surface area contributed by atoms with Crippen molar-refractivity contribution in [3.8, 4) is 11.5 Å². The predicted molar refractivity (Wildman–Crippen MR) is 94.5 cm³/mol. The topological polar surface area (TPSA) is 103 Å². The number of hydrogen-bond donors (Lipinski definition) is 3. The second-order valence-corrected chi connectivity index (χ2v) is 5.84. The Hall–Kier alpha value is -2.28. The van der Waals surface area contributed by atoms with E-state index < -0.39 is 0 Å². The first-order valence-electron chi connectivity index (χ1n) is 7.97. The molecule has 0 saturated heterocycles. The Morgan fingerprint density at radius 1 is 1.04 bits per heavy atom. The quantitative estimate of drug-likeness (QED) is 0.642. The van der Waals surface area contributed by atoms with Gasteiger partial charge in [0.1, 0.15) is 0 Å². The van der Waals surface area contributed by atoms with Crippen molar-refractivity contribution in [2.45, 2.75) is 33.1 Å². The summed E-state index contributed by atoms with van der Waals surface area (Å²) in [6.45, 7) is 4.37. The molecular weight excluding hydrogens is 310 g/mol. The van der Waals surface area contributed by atoms with Crippen molar-refractivity contribution in [3.63, 3.8) is 0 Å². The van der Waals surface area contributed by atoms with Crippen LogP contribution in [-0.4, -0.2) is 32.6 Å². The van der Waals surface area contributed by atoms with Gasteiger partial charge in [0.25, 0.3) is 0 Å². The molecule has 0 aliphatic heterocycles. The lowest BCUT2D eigenvalue weighted by atomic mass is 10.1. The maximum Gasteiger partial charge on any atom is 0.224 e. The van der Waals surface area contributed by atoms with Gasteiger partial charge in [0.15, 0.2) is 11.5 Å². The minimum atomic E-state index is -0.174. The minimum Gasteiger partial charge on any atom is -0.493 e. The van der Waals surface area contributed by atoms with E-state index in [0.717, 1.165) is 0 Å². The van der Waals surface area contributed by atoms with Gasteiger partial charge in [-0.25, -0.2) is 0 Å². The van der Waals surface area contributed by atoms with Crippen LogP contribution in [0.15, 0.2) is 12.1 Å². The monoisotopic (exact) mass is 337 g/mol. The summed E-state index contributed by atoms with van der Waals surface area (Å²) in [5.74, 6) is 0.861. The molecule has 1 aromatic carbocycles. The average Bonchev–Trinajstić information content (AvgIpc) is 2.53. The lowest BCUT2D eigenvalue weighted by Gasteiger charge is -2.17. The van der Waals surface area contributed by atoms with Crippen LogP contribution in [0, 0.1) is 5.92 Å². The molecule has 1 aromatic rings. The molecule has 2 amide bonds. The molecule has 0 saturated carbocycles. The van der Waals surface area contributed by atoms with Gasteiger partial charge in [-0.1, -0.05) is 13.8 Å². The van der Waals surface area contributed by atoms with Gasteiger partial charge in [0.2, 0.25) is 11.8 Å². The summed E-state index contributed by atoms with van der Waals surface area (Å²) in [5.41, 5.74) is 6.36. The zero-order valence-corrected chi connectivity index (χ0v) is 14.8. The van der Waals surface area contributed by atoms with E-state index in [4.69, 9.17) is 15.2 Å². The van der Waals surface area contributed by atoms with Crippen LogP contribution in [0.3, 0.4) is 0 Å². The van der Waals surface area contributed by atoms with Gasteiger partial charge in [-0.05, 0) is 18.9 Å². The molecule has 7 heteroatoms.